The first kappa shape index (κ1) is 21.3. The van der Waals surface area contributed by atoms with Crippen LogP contribution in [0.5, 0.6) is 0 Å². The van der Waals surface area contributed by atoms with Crippen molar-refractivity contribution >= 4 is 29.7 Å². The molecule has 150 valence electrons. The Morgan fingerprint density at radius 2 is 2.33 bits per heavy atom. The number of rotatable bonds is 8. The van der Waals surface area contributed by atoms with Crippen LogP contribution in [-0.4, -0.2) is 58.3 Å². The largest absolute Gasteiger partial charge is 0.456 e. The van der Waals surface area contributed by atoms with Gasteiger partial charge in [-0.15, -0.1) is 11.6 Å². The van der Waals surface area contributed by atoms with Crippen molar-refractivity contribution in [1.82, 2.24) is 9.55 Å². The van der Waals surface area contributed by atoms with E-state index in [0.29, 0.717) is 6.29 Å². The highest BCUT2D eigenvalue weighted by molar-refractivity contribution is 6.18. The predicted octanol–water partition coefficient (Wildman–Crippen LogP) is 0.596. The zero-order valence-electron chi connectivity index (χ0n) is 14.8. The Morgan fingerprint density at radius 3 is 2.89 bits per heavy atom. The zero-order chi connectivity index (χ0) is 20.2. The third kappa shape index (κ3) is 4.45. The van der Waals surface area contributed by atoms with Gasteiger partial charge in [0.2, 0.25) is 0 Å². The maximum Gasteiger partial charge on any atom is 0.351 e. The summed E-state index contributed by atoms with van der Waals surface area (Å²) >= 11 is 6.02. The van der Waals surface area contributed by atoms with Crippen molar-refractivity contribution in [2.75, 3.05) is 18.2 Å². The number of nitrogen functional groups attached to an aromatic ring is 1. The van der Waals surface area contributed by atoms with Crippen molar-refractivity contribution in [3.8, 4) is 0 Å². The molecule has 0 aliphatic carbocycles. The Labute approximate surface area is 159 Å². The SMILES string of the molecule is CCC(=O)O[C@H]1[C@@H](F)[C@H](n2ccc(N)nc2=O)O[C@]1(CCl)COC(C)C=O. The van der Waals surface area contributed by atoms with Gasteiger partial charge in [0, 0.05) is 12.6 Å². The maximum atomic E-state index is 15.2. The van der Waals surface area contributed by atoms with Crippen LogP contribution < -0.4 is 11.4 Å². The van der Waals surface area contributed by atoms with Crippen LogP contribution in [0.4, 0.5) is 10.2 Å². The number of nitrogens with two attached hydrogens (primary N) is 1. The van der Waals surface area contributed by atoms with Crippen molar-refractivity contribution in [3.05, 3.63) is 22.7 Å². The third-order valence-corrected chi connectivity index (χ3v) is 4.57. The molecule has 1 aromatic rings. The molecule has 1 fully saturated rings. The number of aldehydes is 1. The molecule has 2 rings (SSSR count). The molecule has 0 radical (unpaired) electrons. The Kier molecular flexibility index (Phi) is 6.90. The summed E-state index contributed by atoms with van der Waals surface area (Å²) in [5, 5.41) is 0. The molecular formula is C16H21ClFN3O6. The second-order valence-corrected chi connectivity index (χ2v) is 6.38. The summed E-state index contributed by atoms with van der Waals surface area (Å²) in [6.45, 7) is 2.70. The van der Waals surface area contributed by atoms with Gasteiger partial charge in [0.15, 0.2) is 18.5 Å². The van der Waals surface area contributed by atoms with E-state index in [-0.39, 0.29) is 24.7 Å². The fourth-order valence-corrected chi connectivity index (χ4v) is 2.91. The van der Waals surface area contributed by atoms with Crippen LogP contribution in [0, 0.1) is 0 Å². The van der Waals surface area contributed by atoms with Gasteiger partial charge in [0.25, 0.3) is 0 Å². The molecule has 0 bridgehead atoms. The number of halogens is 2. The van der Waals surface area contributed by atoms with Gasteiger partial charge < -0.3 is 24.7 Å². The fraction of sp³-hybridized carbons (Fsp3) is 0.625. The highest BCUT2D eigenvalue weighted by atomic mass is 35.5. The Bertz CT molecular complexity index is 747. The van der Waals surface area contributed by atoms with Gasteiger partial charge in [-0.05, 0) is 13.0 Å². The van der Waals surface area contributed by atoms with Crippen LogP contribution in [0.3, 0.4) is 0 Å². The second-order valence-electron chi connectivity index (χ2n) is 6.11. The van der Waals surface area contributed by atoms with E-state index in [2.05, 4.69) is 4.98 Å². The minimum atomic E-state index is -1.93. The maximum absolute atomic E-state index is 15.2. The molecule has 0 aromatic carbocycles. The van der Waals surface area contributed by atoms with E-state index in [4.69, 9.17) is 31.5 Å². The quantitative estimate of drug-likeness (QED) is 0.379. The first-order chi connectivity index (χ1) is 12.8. The summed E-state index contributed by atoms with van der Waals surface area (Å²) in [5.74, 6) is -1.02. The van der Waals surface area contributed by atoms with Crippen molar-refractivity contribution in [2.24, 2.45) is 0 Å². The molecule has 11 heteroatoms. The average Bonchev–Trinajstić information content (AvgIpc) is 2.92. The van der Waals surface area contributed by atoms with E-state index in [9.17, 15) is 14.4 Å². The third-order valence-electron chi connectivity index (χ3n) is 4.12. The van der Waals surface area contributed by atoms with Crippen molar-refractivity contribution < 1.29 is 28.2 Å². The van der Waals surface area contributed by atoms with Gasteiger partial charge in [0.1, 0.15) is 23.8 Å². The van der Waals surface area contributed by atoms with E-state index < -0.39 is 41.9 Å². The standard InChI is InChI=1S/C16H21ClFN3O6/c1-3-11(23)26-13-12(18)14(21-5-4-10(19)20-15(21)24)27-16(13,7-17)8-25-9(2)6-22/h4-6,9,12-14H,3,7-8H2,1-2H3,(H2,19,20,24)/t9?,12-,13+,14-,16-/m1/s1. The molecule has 1 unspecified atom stereocenters. The molecule has 1 aliphatic rings. The molecule has 9 nitrogen and oxygen atoms in total. The lowest BCUT2D eigenvalue weighted by Gasteiger charge is -2.32. The zero-order valence-corrected chi connectivity index (χ0v) is 15.6. The number of esters is 1. The molecular weight excluding hydrogens is 385 g/mol. The molecule has 1 aromatic heterocycles. The monoisotopic (exact) mass is 405 g/mol. The predicted molar refractivity (Wildman–Crippen MR) is 93.0 cm³/mol. The van der Waals surface area contributed by atoms with Crippen LogP contribution >= 0.6 is 11.6 Å². The molecule has 2 N–H and O–H groups in total. The van der Waals surface area contributed by atoms with Crippen molar-refractivity contribution in [2.45, 2.75) is 50.5 Å². The summed E-state index contributed by atoms with van der Waals surface area (Å²) in [7, 11) is 0. The van der Waals surface area contributed by atoms with Gasteiger partial charge in [-0.1, -0.05) is 6.92 Å². The van der Waals surface area contributed by atoms with Crippen LogP contribution in [0.15, 0.2) is 17.1 Å². The summed E-state index contributed by atoms with van der Waals surface area (Å²) < 4.78 is 32.4. The first-order valence-corrected chi connectivity index (χ1v) is 8.80. The summed E-state index contributed by atoms with van der Waals surface area (Å²) in [4.78, 5) is 38.2. The normalized spacial score (nSPS) is 28.7. The fourth-order valence-electron chi connectivity index (χ4n) is 2.61. The van der Waals surface area contributed by atoms with E-state index >= 15 is 4.39 Å². The molecule has 0 amide bonds. The number of hydrogen-bond acceptors (Lipinski definition) is 8. The molecule has 1 aliphatic heterocycles. The van der Waals surface area contributed by atoms with Crippen LogP contribution in [0.25, 0.3) is 0 Å². The van der Waals surface area contributed by atoms with E-state index in [0.717, 1.165) is 4.57 Å². The van der Waals surface area contributed by atoms with E-state index in [1.807, 2.05) is 0 Å². The van der Waals surface area contributed by atoms with Gasteiger partial charge in [-0.2, -0.15) is 4.98 Å². The Balaban J connectivity index is 2.40. The van der Waals surface area contributed by atoms with Crippen molar-refractivity contribution in [1.29, 1.82) is 0 Å². The topological polar surface area (TPSA) is 123 Å². The molecule has 27 heavy (non-hydrogen) atoms. The summed E-state index contributed by atoms with van der Waals surface area (Å²) in [5.41, 5.74) is 3.01. The number of aromatic nitrogens is 2. The average molecular weight is 406 g/mol. The highest BCUT2D eigenvalue weighted by Gasteiger charge is 2.59. The molecule has 0 saturated carbocycles. The van der Waals surface area contributed by atoms with Crippen LogP contribution in [0.2, 0.25) is 0 Å². The first-order valence-electron chi connectivity index (χ1n) is 8.27. The number of nitrogens with zero attached hydrogens (tertiary/aromatic N) is 2. The smallest absolute Gasteiger partial charge is 0.351 e. The lowest BCUT2D eigenvalue weighted by atomic mass is 9.98. The second kappa shape index (κ2) is 8.77. The number of carbonyl (C=O) groups is 2. The number of carbonyl (C=O) groups excluding carboxylic acids is 2. The van der Waals surface area contributed by atoms with Gasteiger partial charge in [-0.3, -0.25) is 9.36 Å². The molecule has 0 spiro atoms. The summed E-state index contributed by atoms with van der Waals surface area (Å²) in [6.07, 6.45) is -3.89. The molecule has 1 saturated heterocycles. The number of ether oxygens (including phenoxy) is 3. The number of hydrogen-bond donors (Lipinski definition) is 1. The Hall–Kier alpha value is -2.04. The lowest BCUT2D eigenvalue weighted by molar-refractivity contribution is -0.171. The van der Waals surface area contributed by atoms with E-state index in [1.54, 1.807) is 6.92 Å². The number of alkyl halides is 2. The van der Waals surface area contributed by atoms with Gasteiger partial charge in [-0.25, -0.2) is 9.18 Å². The summed E-state index contributed by atoms with van der Waals surface area (Å²) in [6, 6.07) is 1.30. The van der Waals surface area contributed by atoms with Crippen LogP contribution in [-0.2, 0) is 23.8 Å². The highest BCUT2D eigenvalue weighted by Crippen LogP contribution is 2.41. The van der Waals surface area contributed by atoms with Gasteiger partial charge in [0.05, 0.1) is 12.5 Å². The number of anilines is 1. The minimum absolute atomic E-state index is 0.00121. The lowest BCUT2D eigenvalue weighted by Crippen LogP contribution is -2.50. The minimum Gasteiger partial charge on any atom is -0.456 e. The van der Waals surface area contributed by atoms with Crippen LogP contribution in [0.1, 0.15) is 26.5 Å². The van der Waals surface area contributed by atoms with Gasteiger partial charge >= 0.3 is 11.7 Å². The van der Waals surface area contributed by atoms with E-state index in [1.165, 1.54) is 19.2 Å². The molecule has 5 atom stereocenters. The molecule has 2 heterocycles. The Morgan fingerprint density at radius 1 is 1.63 bits per heavy atom. The van der Waals surface area contributed by atoms with Crippen molar-refractivity contribution in [3.63, 3.8) is 0 Å².